The van der Waals surface area contributed by atoms with Crippen LogP contribution in [0.2, 0.25) is 0 Å². The number of hydrogen-bond donors (Lipinski definition) is 0. The third-order valence-electron chi connectivity index (χ3n) is 5.37. The zero-order valence-electron chi connectivity index (χ0n) is 17.2. The number of carbonyl (C=O) groups excluding carboxylic acids is 1. The Morgan fingerprint density at radius 2 is 1.71 bits per heavy atom. The maximum atomic E-state index is 13.0. The fraction of sp³-hybridized carbons (Fsp3) is 0.435. The number of methoxy groups -OCH3 is 3. The van der Waals surface area contributed by atoms with Crippen molar-refractivity contribution >= 4 is 5.91 Å². The normalized spacial score (nSPS) is 15.7. The van der Waals surface area contributed by atoms with Crippen molar-refractivity contribution in [3.63, 3.8) is 0 Å². The molecule has 5 nitrogen and oxygen atoms in total. The molecule has 0 bridgehead atoms. The standard InChI is InChI=1S/C23H29NO4/c1-5-6-7-22(25)24-13-12-17-14-20(27-3)21(28-4)15-19(17)23(24)16-8-10-18(26-2)11-9-16/h8-11,14-15,23H,5-7,12-13H2,1-4H3/t23-/m0/s1. The molecule has 0 fully saturated rings. The van der Waals surface area contributed by atoms with Crippen LogP contribution < -0.4 is 14.2 Å². The number of nitrogens with zero attached hydrogens (tertiary/aromatic N) is 1. The van der Waals surface area contributed by atoms with Gasteiger partial charge in [-0.15, -0.1) is 0 Å². The van der Waals surface area contributed by atoms with Crippen molar-refractivity contribution in [1.29, 1.82) is 0 Å². The number of unbranched alkanes of at least 4 members (excludes halogenated alkanes) is 1. The van der Waals surface area contributed by atoms with Crippen LogP contribution in [-0.2, 0) is 11.2 Å². The molecular formula is C23H29NO4. The highest BCUT2D eigenvalue weighted by atomic mass is 16.5. The molecule has 0 aliphatic carbocycles. The van der Waals surface area contributed by atoms with E-state index in [1.165, 1.54) is 5.56 Å². The van der Waals surface area contributed by atoms with Crippen LogP contribution in [0.3, 0.4) is 0 Å². The van der Waals surface area contributed by atoms with Gasteiger partial charge in [0.15, 0.2) is 11.5 Å². The molecule has 150 valence electrons. The van der Waals surface area contributed by atoms with E-state index in [4.69, 9.17) is 14.2 Å². The van der Waals surface area contributed by atoms with Crippen LogP contribution in [0.25, 0.3) is 0 Å². The van der Waals surface area contributed by atoms with E-state index in [1.54, 1.807) is 21.3 Å². The van der Waals surface area contributed by atoms with Crippen LogP contribution in [0.1, 0.15) is 48.9 Å². The zero-order valence-corrected chi connectivity index (χ0v) is 17.2. The molecule has 0 aromatic heterocycles. The molecule has 0 unspecified atom stereocenters. The molecule has 2 aromatic rings. The van der Waals surface area contributed by atoms with Crippen molar-refractivity contribution in [1.82, 2.24) is 4.90 Å². The molecule has 5 heteroatoms. The predicted octanol–water partition coefficient (Wildman–Crippen LogP) is 4.38. The summed E-state index contributed by atoms with van der Waals surface area (Å²) in [6.07, 6.45) is 3.30. The minimum atomic E-state index is -0.140. The topological polar surface area (TPSA) is 48.0 Å². The van der Waals surface area contributed by atoms with E-state index >= 15 is 0 Å². The van der Waals surface area contributed by atoms with Gasteiger partial charge in [0, 0.05) is 13.0 Å². The Morgan fingerprint density at radius 1 is 1.04 bits per heavy atom. The van der Waals surface area contributed by atoms with E-state index in [-0.39, 0.29) is 11.9 Å². The van der Waals surface area contributed by atoms with Crippen molar-refractivity contribution in [3.05, 3.63) is 53.1 Å². The highest BCUT2D eigenvalue weighted by molar-refractivity contribution is 5.78. The van der Waals surface area contributed by atoms with Gasteiger partial charge in [-0.05, 0) is 53.8 Å². The molecule has 1 amide bonds. The molecule has 28 heavy (non-hydrogen) atoms. The third-order valence-corrected chi connectivity index (χ3v) is 5.37. The SMILES string of the molecule is CCCCC(=O)N1CCc2cc(OC)c(OC)cc2[C@@H]1c1ccc(OC)cc1. The second-order valence-electron chi connectivity index (χ2n) is 7.02. The summed E-state index contributed by atoms with van der Waals surface area (Å²) >= 11 is 0. The van der Waals surface area contributed by atoms with Gasteiger partial charge in [0.1, 0.15) is 5.75 Å². The lowest BCUT2D eigenvalue weighted by molar-refractivity contribution is -0.133. The van der Waals surface area contributed by atoms with Crippen molar-refractivity contribution in [2.75, 3.05) is 27.9 Å². The van der Waals surface area contributed by atoms with E-state index in [1.807, 2.05) is 41.3 Å². The second kappa shape index (κ2) is 9.00. The van der Waals surface area contributed by atoms with Crippen molar-refractivity contribution < 1.29 is 19.0 Å². The monoisotopic (exact) mass is 383 g/mol. The van der Waals surface area contributed by atoms with E-state index in [0.29, 0.717) is 18.7 Å². The number of ether oxygens (including phenoxy) is 3. The van der Waals surface area contributed by atoms with Crippen molar-refractivity contribution in [3.8, 4) is 17.2 Å². The quantitative estimate of drug-likeness (QED) is 0.712. The zero-order chi connectivity index (χ0) is 20.1. The molecule has 1 heterocycles. The summed E-state index contributed by atoms with van der Waals surface area (Å²) in [5.74, 6) is 2.40. The summed E-state index contributed by atoms with van der Waals surface area (Å²) in [5.41, 5.74) is 3.36. The minimum Gasteiger partial charge on any atom is -0.497 e. The lowest BCUT2D eigenvalue weighted by atomic mass is 9.87. The Labute approximate surface area is 167 Å². The van der Waals surface area contributed by atoms with E-state index in [9.17, 15) is 4.79 Å². The van der Waals surface area contributed by atoms with Crippen LogP contribution in [0.4, 0.5) is 0 Å². The fourth-order valence-corrected chi connectivity index (χ4v) is 3.83. The number of rotatable bonds is 7. The molecule has 0 N–H and O–H groups in total. The van der Waals surface area contributed by atoms with Gasteiger partial charge in [0.05, 0.1) is 27.4 Å². The molecule has 0 radical (unpaired) electrons. The van der Waals surface area contributed by atoms with E-state index in [0.717, 1.165) is 41.9 Å². The molecule has 3 rings (SSSR count). The molecular weight excluding hydrogens is 354 g/mol. The maximum Gasteiger partial charge on any atom is 0.223 e. The number of benzene rings is 2. The Balaban J connectivity index is 2.08. The first-order valence-electron chi connectivity index (χ1n) is 9.81. The van der Waals surface area contributed by atoms with Crippen LogP contribution in [-0.4, -0.2) is 38.7 Å². The number of amides is 1. The van der Waals surface area contributed by atoms with Gasteiger partial charge < -0.3 is 19.1 Å². The van der Waals surface area contributed by atoms with Gasteiger partial charge in [-0.1, -0.05) is 25.5 Å². The van der Waals surface area contributed by atoms with Gasteiger partial charge in [-0.3, -0.25) is 4.79 Å². The van der Waals surface area contributed by atoms with Gasteiger partial charge in [-0.2, -0.15) is 0 Å². The Bertz CT molecular complexity index is 816. The second-order valence-corrected chi connectivity index (χ2v) is 7.02. The fourth-order valence-electron chi connectivity index (χ4n) is 3.83. The van der Waals surface area contributed by atoms with Crippen LogP contribution in [0.15, 0.2) is 36.4 Å². The summed E-state index contributed by atoms with van der Waals surface area (Å²) < 4.78 is 16.3. The molecule has 1 aliphatic heterocycles. The van der Waals surface area contributed by atoms with E-state index < -0.39 is 0 Å². The summed E-state index contributed by atoms with van der Waals surface area (Å²) in [6, 6.07) is 11.9. The summed E-state index contributed by atoms with van der Waals surface area (Å²) in [7, 11) is 4.94. The van der Waals surface area contributed by atoms with Crippen LogP contribution in [0, 0.1) is 0 Å². The Kier molecular flexibility index (Phi) is 6.45. The number of hydrogen-bond acceptors (Lipinski definition) is 4. The molecule has 0 spiro atoms. The Hall–Kier alpha value is -2.69. The van der Waals surface area contributed by atoms with Crippen LogP contribution >= 0.6 is 0 Å². The average Bonchev–Trinajstić information content (AvgIpc) is 2.75. The third kappa shape index (κ3) is 3.93. The van der Waals surface area contributed by atoms with E-state index in [2.05, 4.69) is 6.92 Å². The smallest absolute Gasteiger partial charge is 0.223 e. The summed E-state index contributed by atoms with van der Waals surface area (Å²) in [5, 5.41) is 0. The number of carbonyl (C=O) groups is 1. The average molecular weight is 383 g/mol. The first kappa shape index (κ1) is 20.1. The van der Waals surface area contributed by atoms with Crippen molar-refractivity contribution in [2.24, 2.45) is 0 Å². The molecule has 2 aromatic carbocycles. The Morgan fingerprint density at radius 3 is 2.32 bits per heavy atom. The molecule has 0 saturated heterocycles. The summed E-state index contributed by atoms with van der Waals surface area (Å²) in [4.78, 5) is 15.0. The predicted molar refractivity (Wildman–Crippen MR) is 109 cm³/mol. The largest absolute Gasteiger partial charge is 0.497 e. The number of fused-ring (bicyclic) bond motifs is 1. The van der Waals surface area contributed by atoms with Gasteiger partial charge >= 0.3 is 0 Å². The van der Waals surface area contributed by atoms with Crippen molar-refractivity contribution in [2.45, 2.75) is 38.6 Å². The van der Waals surface area contributed by atoms with Gasteiger partial charge in [-0.25, -0.2) is 0 Å². The first-order chi connectivity index (χ1) is 13.6. The molecule has 1 atom stereocenters. The molecule has 0 saturated carbocycles. The van der Waals surface area contributed by atoms with Gasteiger partial charge in [0.2, 0.25) is 5.91 Å². The highest BCUT2D eigenvalue weighted by Gasteiger charge is 2.33. The lowest BCUT2D eigenvalue weighted by Gasteiger charge is -2.38. The first-order valence-corrected chi connectivity index (χ1v) is 9.81. The summed E-state index contributed by atoms with van der Waals surface area (Å²) in [6.45, 7) is 2.80. The highest BCUT2D eigenvalue weighted by Crippen LogP contribution is 2.41. The maximum absolute atomic E-state index is 13.0. The lowest BCUT2D eigenvalue weighted by Crippen LogP contribution is -2.40. The molecule has 1 aliphatic rings. The minimum absolute atomic E-state index is 0.140. The van der Waals surface area contributed by atoms with Crippen LogP contribution in [0.5, 0.6) is 17.2 Å². The van der Waals surface area contributed by atoms with Gasteiger partial charge in [0.25, 0.3) is 0 Å².